The Morgan fingerprint density at radius 1 is 1.08 bits per heavy atom. The number of carboxylic acids is 1. The maximum absolute atomic E-state index is 10.9. The second kappa shape index (κ2) is 9.16. The highest BCUT2D eigenvalue weighted by Crippen LogP contribution is 2.30. The van der Waals surface area contributed by atoms with Crippen molar-refractivity contribution in [3.8, 4) is 10.4 Å². The van der Waals surface area contributed by atoms with E-state index in [1.807, 2.05) is 17.4 Å². The summed E-state index contributed by atoms with van der Waals surface area (Å²) < 4.78 is 0. The van der Waals surface area contributed by atoms with E-state index < -0.39 is 5.97 Å². The average molecular weight is 358 g/mol. The van der Waals surface area contributed by atoms with Gasteiger partial charge in [0.15, 0.2) is 0 Å². The molecule has 1 aromatic heterocycles. The van der Waals surface area contributed by atoms with Crippen LogP contribution in [0.2, 0.25) is 0 Å². The maximum atomic E-state index is 10.9. The van der Waals surface area contributed by atoms with E-state index in [0.717, 1.165) is 19.5 Å². The van der Waals surface area contributed by atoms with Gasteiger partial charge in [-0.3, -0.25) is 9.69 Å². The molecule has 1 saturated carbocycles. The van der Waals surface area contributed by atoms with Gasteiger partial charge in [-0.05, 0) is 43.5 Å². The molecule has 3 nitrogen and oxygen atoms in total. The minimum absolute atomic E-state index is 0.267. The molecular weight excluding hydrogens is 330 g/mol. The molecule has 0 spiro atoms. The van der Waals surface area contributed by atoms with Crippen LogP contribution in [-0.4, -0.2) is 28.6 Å². The largest absolute Gasteiger partial charge is 0.481 e. The predicted molar refractivity (Wildman–Crippen MR) is 104 cm³/mol. The van der Waals surface area contributed by atoms with Crippen molar-refractivity contribution in [2.75, 3.05) is 6.54 Å². The fourth-order valence-corrected chi connectivity index (χ4v) is 4.73. The van der Waals surface area contributed by atoms with Gasteiger partial charge in [0.2, 0.25) is 0 Å². The summed E-state index contributed by atoms with van der Waals surface area (Å²) >= 11 is 1.86. The predicted octanol–water partition coefficient (Wildman–Crippen LogP) is 5.41. The van der Waals surface area contributed by atoms with E-state index in [0.29, 0.717) is 6.04 Å². The number of aliphatic carboxylic acids is 1. The van der Waals surface area contributed by atoms with Crippen LogP contribution in [0.4, 0.5) is 0 Å². The summed E-state index contributed by atoms with van der Waals surface area (Å²) in [6.07, 6.45) is 7.47. The fraction of sp³-hybridized carbons (Fsp3) is 0.476. The second-order valence-corrected chi connectivity index (χ2v) is 8.06. The molecule has 0 saturated heterocycles. The standard InChI is InChI=1S/C21H27NO2S/c23-21(24)12-7-15-22(18-10-5-2-6-11-18)16-19-13-14-20(25-19)17-8-3-1-4-9-17/h1,3-4,8-9,13-14,18H,2,5-7,10-12,15-16H2,(H,23,24). The van der Waals surface area contributed by atoms with Crippen molar-refractivity contribution in [3.63, 3.8) is 0 Å². The Bertz CT molecular complexity index is 662. The Kier molecular flexibility index (Phi) is 6.65. The Balaban J connectivity index is 1.66. The molecule has 3 rings (SSSR count). The molecule has 1 aliphatic rings. The number of benzene rings is 1. The molecular formula is C21H27NO2S. The molecule has 1 heterocycles. The molecule has 0 amide bonds. The van der Waals surface area contributed by atoms with Crippen LogP contribution in [0.3, 0.4) is 0 Å². The lowest BCUT2D eigenvalue weighted by Gasteiger charge is -2.34. The summed E-state index contributed by atoms with van der Waals surface area (Å²) in [4.78, 5) is 16.1. The van der Waals surface area contributed by atoms with Gasteiger partial charge in [-0.15, -0.1) is 11.3 Å². The van der Waals surface area contributed by atoms with Gasteiger partial charge in [-0.2, -0.15) is 0 Å². The Morgan fingerprint density at radius 3 is 2.56 bits per heavy atom. The van der Waals surface area contributed by atoms with Gasteiger partial charge in [0, 0.05) is 28.8 Å². The van der Waals surface area contributed by atoms with Crippen molar-refractivity contribution in [3.05, 3.63) is 47.3 Å². The van der Waals surface area contributed by atoms with Gasteiger partial charge in [0.1, 0.15) is 0 Å². The molecule has 1 N–H and O–H groups in total. The van der Waals surface area contributed by atoms with Crippen molar-refractivity contribution in [2.45, 2.75) is 57.5 Å². The first-order valence-electron chi connectivity index (χ1n) is 9.32. The first-order chi connectivity index (χ1) is 12.2. The van der Waals surface area contributed by atoms with Gasteiger partial charge in [0.05, 0.1) is 0 Å². The van der Waals surface area contributed by atoms with Crippen molar-refractivity contribution in [2.24, 2.45) is 0 Å². The van der Waals surface area contributed by atoms with Crippen LogP contribution in [0, 0.1) is 0 Å². The van der Waals surface area contributed by atoms with Crippen LogP contribution in [0.5, 0.6) is 0 Å². The van der Waals surface area contributed by atoms with E-state index in [-0.39, 0.29) is 6.42 Å². The number of nitrogens with zero attached hydrogens (tertiary/aromatic N) is 1. The van der Waals surface area contributed by atoms with Gasteiger partial charge in [-0.1, -0.05) is 49.6 Å². The molecule has 1 fully saturated rings. The zero-order valence-corrected chi connectivity index (χ0v) is 15.5. The molecule has 0 unspecified atom stereocenters. The summed E-state index contributed by atoms with van der Waals surface area (Å²) in [5.74, 6) is -0.689. The lowest BCUT2D eigenvalue weighted by molar-refractivity contribution is -0.137. The summed E-state index contributed by atoms with van der Waals surface area (Å²) in [6.45, 7) is 1.83. The highest BCUT2D eigenvalue weighted by Gasteiger charge is 2.21. The molecule has 0 radical (unpaired) electrons. The quantitative estimate of drug-likeness (QED) is 0.686. The van der Waals surface area contributed by atoms with Crippen LogP contribution in [0.1, 0.15) is 49.8 Å². The topological polar surface area (TPSA) is 40.5 Å². The number of thiophene rings is 1. The number of hydrogen-bond donors (Lipinski definition) is 1. The normalized spacial score (nSPS) is 15.6. The van der Waals surface area contributed by atoms with Crippen molar-refractivity contribution < 1.29 is 9.90 Å². The number of hydrogen-bond acceptors (Lipinski definition) is 3. The van der Waals surface area contributed by atoms with Crippen LogP contribution in [0.25, 0.3) is 10.4 Å². The second-order valence-electron chi connectivity index (χ2n) is 6.89. The van der Waals surface area contributed by atoms with E-state index in [4.69, 9.17) is 5.11 Å². The third kappa shape index (κ3) is 5.41. The van der Waals surface area contributed by atoms with Crippen molar-refractivity contribution in [1.29, 1.82) is 0 Å². The van der Waals surface area contributed by atoms with Gasteiger partial charge >= 0.3 is 5.97 Å². The Morgan fingerprint density at radius 2 is 1.84 bits per heavy atom. The van der Waals surface area contributed by atoms with Crippen LogP contribution >= 0.6 is 11.3 Å². The molecule has 1 aliphatic carbocycles. The molecule has 4 heteroatoms. The zero-order valence-electron chi connectivity index (χ0n) is 14.7. The number of carboxylic acid groups (broad SMARTS) is 1. The summed E-state index contributed by atoms with van der Waals surface area (Å²) in [5, 5.41) is 8.94. The monoisotopic (exact) mass is 357 g/mol. The smallest absolute Gasteiger partial charge is 0.303 e. The van der Waals surface area contributed by atoms with Crippen LogP contribution < -0.4 is 0 Å². The molecule has 1 aromatic carbocycles. The van der Waals surface area contributed by atoms with E-state index in [1.165, 1.54) is 47.4 Å². The van der Waals surface area contributed by atoms with E-state index in [2.05, 4.69) is 41.3 Å². The highest BCUT2D eigenvalue weighted by atomic mass is 32.1. The van der Waals surface area contributed by atoms with Gasteiger partial charge in [0.25, 0.3) is 0 Å². The average Bonchev–Trinajstić information content (AvgIpc) is 3.11. The van der Waals surface area contributed by atoms with E-state index in [1.54, 1.807) is 0 Å². The van der Waals surface area contributed by atoms with Gasteiger partial charge < -0.3 is 5.11 Å². The van der Waals surface area contributed by atoms with Crippen molar-refractivity contribution in [1.82, 2.24) is 4.90 Å². The van der Waals surface area contributed by atoms with Crippen LogP contribution in [-0.2, 0) is 11.3 Å². The molecule has 25 heavy (non-hydrogen) atoms. The number of carbonyl (C=O) groups is 1. The van der Waals surface area contributed by atoms with E-state index >= 15 is 0 Å². The third-order valence-corrected chi connectivity index (χ3v) is 6.13. The zero-order chi connectivity index (χ0) is 17.5. The summed E-state index contributed by atoms with van der Waals surface area (Å²) in [6, 6.07) is 15.6. The first-order valence-corrected chi connectivity index (χ1v) is 10.1. The number of rotatable bonds is 8. The maximum Gasteiger partial charge on any atom is 0.303 e. The Hall–Kier alpha value is -1.65. The van der Waals surface area contributed by atoms with Crippen LogP contribution in [0.15, 0.2) is 42.5 Å². The molecule has 0 aliphatic heterocycles. The van der Waals surface area contributed by atoms with E-state index in [9.17, 15) is 4.79 Å². The minimum Gasteiger partial charge on any atom is -0.481 e. The molecule has 0 atom stereocenters. The molecule has 2 aromatic rings. The first kappa shape index (κ1) is 18.2. The third-order valence-electron chi connectivity index (χ3n) is 5.01. The highest BCUT2D eigenvalue weighted by molar-refractivity contribution is 7.15. The molecule has 0 bridgehead atoms. The SMILES string of the molecule is O=C(O)CCCN(Cc1ccc(-c2ccccc2)s1)C1CCCCC1. The lowest BCUT2D eigenvalue weighted by atomic mass is 9.94. The summed E-state index contributed by atoms with van der Waals surface area (Å²) in [5.41, 5.74) is 1.27. The molecule has 134 valence electrons. The Labute approximate surface area is 154 Å². The lowest BCUT2D eigenvalue weighted by Crippen LogP contribution is -2.37. The fourth-order valence-electron chi connectivity index (χ4n) is 3.69. The minimum atomic E-state index is -0.689. The van der Waals surface area contributed by atoms with Crippen molar-refractivity contribution >= 4 is 17.3 Å². The summed E-state index contributed by atoms with van der Waals surface area (Å²) in [7, 11) is 0. The van der Waals surface area contributed by atoms with Gasteiger partial charge in [-0.25, -0.2) is 0 Å².